The van der Waals surface area contributed by atoms with Crippen molar-refractivity contribution in [1.29, 1.82) is 0 Å². The lowest BCUT2D eigenvalue weighted by molar-refractivity contribution is -0.361. The minimum absolute atomic E-state index is 0.0290. The summed E-state index contributed by atoms with van der Waals surface area (Å²) in [6.45, 7) is 14.9. The normalized spacial score (nSPS) is 44.1. The van der Waals surface area contributed by atoms with Crippen LogP contribution in [0.3, 0.4) is 0 Å². The average Bonchev–Trinajstić information content (AvgIpc) is 3.17. The number of carbonyl (C=O) groups is 2. The molecule has 0 radical (unpaired) electrons. The molecule has 1 heterocycles. The highest BCUT2D eigenvalue weighted by Gasteiger charge is 2.79. The van der Waals surface area contributed by atoms with E-state index >= 15 is 0 Å². The summed E-state index contributed by atoms with van der Waals surface area (Å²) in [6, 6.07) is 8.79. The van der Waals surface area contributed by atoms with E-state index in [0.717, 1.165) is 17.6 Å². The monoisotopic (exact) mass is 580 g/mol. The zero-order valence-electron chi connectivity index (χ0n) is 25.5. The molecule has 228 valence electrons. The lowest BCUT2D eigenvalue weighted by Crippen LogP contribution is -2.75. The molecule has 42 heavy (non-hydrogen) atoms. The number of carbonyl (C=O) groups excluding carboxylic acids is 2. The summed E-state index contributed by atoms with van der Waals surface area (Å²) in [5.41, 5.74) is -2.41. The Morgan fingerprint density at radius 2 is 1.88 bits per heavy atom. The average molecular weight is 581 g/mol. The van der Waals surface area contributed by atoms with Gasteiger partial charge < -0.3 is 29.2 Å². The van der Waals surface area contributed by atoms with E-state index in [1.807, 2.05) is 13.0 Å². The summed E-state index contributed by atoms with van der Waals surface area (Å²) in [5, 5.41) is 23.7. The maximum atomic E-state index is 14.0. The molecular weight excluding hydrogens is 536 g/mol. The third kappa shape index (κ3) is 3.81. The van der Waals surface area contributed by atoms with E-state index in [0.29, 0.717) is 18.4 Å². The smallest absolute Gasteiger partial charge is 0.338 e. The Kier molecular flexibility index (Phi) is 6.86. The minimum atomic E-state index is -1.44. The highest BCUT2D eigenvalue weighted by Crippen LogP contribution is 2.72. The largest absolute Gasteiger partial charge is 0.458 e. The number of benzene rings is 1. The molecule has 0 spiro atoms. The van der Waals surface area contributed by atoms with Crippen LogP contribution in [0.25, 0.3) is 0 Å². The third-order valence-corrected chi connectivity index (χ3v) is 11.6. The standard InChI is InChI=1S/C34H44O8/c1-8-25-39-24-16-22-14-15-34(22,42-20(4)35)27-29(41-30(37)21-12-10-9-11-13-21)33(31(5,6)38)17-23(36)18(2)26(33)19(3)28(40-25)32(24,27)7/h8-13,19,22-25,27-29,36,38H,1,14-17H2,2-7H3/t19-,22+,23?,24-,25-,27-,28-,29-,32+,33-,34-/m0/s1. The molecule has 11 atom stereocenters. The van der Waals surface area contributed by atoms with Crippen molar-refractivity contribution in [3.8, 4) is 0 Å². The topological polar surface area (TPSA) is 112 Å². The van der Waals surface area contributed by atoms with Crippen LogP contribution >= 0.6 is 0 Å². The van der Waals surface area contributed by atoms with Crippen molar-refractivity contribution in [3.63, 3.8) is 0 Å². The van der Waals surface area contributed by atoms with Gasteiger partial charge in [0, 0.05) is 30.1 Å². The molecule has 8 heteroatoms. The fraction of sp³-hybridized carbons (Fsp3) is 0.647. The molecule has 8 nitrogen and oxygen atoms in total. The molecule has 6 rings (SSSR count). The third-order valence-electron chi connectivity index (χ3n) is 11.6. The van der Waals surface area contributed by atoms with E-state index in [-0.39, 0.29) is 24.4 Å². The summed E-state index contributed by atoms with van der Waals surface area (Å²) >= 11 is 0. The van der Waals surface area contributed by atoms with Crippen molar-refractivity contribution in [2.24, 2.45) is 28.6 Å². The predicted octanol–water partition coefficient (Wildman–Crippen LogP) is 4.73. The molecule has 1 unspecified atom stereocenters. The van der Waals surface area contributed by atoms with Crippen LogP contribution in [0.1, 0.15) is 77.6 Å². The molecule has 4 fully saturated rings. The van der Waals surface area contributed by atoms with Gasteiger partial charge in [-0.3, -0.25) is 4.79 Å². The highest BCUT2D eigenvalue weighted by atomic mass is 16.7. The molecule has 1 saturated heterocycles. The summed E-state index contributed by atoms with van der Waals surface area (Å²) in [5.74, 6) is -1.85. The van der Waals surface area contributed by atoms with Crippen molar-refractivity contribution in [2.45, 2.75) is 109 Å². The van der Waals surface area contributed by atoms with Gasteiger partial charge in [0.05, 0.1) is 34.9 Å². The number of hydrogen-bond donors (Lipinski definition) is 2. The van der Waals surface area contributed by atoms with E-state index in [9.17, 15) is 19.8 Å². The molecule has 3 saturated carbocycles. The Morgan fingerprint density at radius 3 is 2.45 bits per heavy atom. The Labute approximate surface area is 248 Å². The number of aliphatic hydroxyl groups is 2. The van der Waals surface area contributed by atoms with Gasteiger partial charge in [0.25, 0.3) is 0 Å². The van der Waals surface area contributed by atoms with Gasteiger partial charge in [-0.25, -0.2) is 4.79 Å². The molecule has 0 bridgehead atoms. The number of aliphatic hydroxyl groups excluding tert-OH is 1. The summed E-state index contributed by atoms with van der Waals surface area (Å²) in [4.78, 5) is 26.8. The first-order valence-corrected chi connectivity index (χ1v) is 15.2. The lowest BCUT2D eigenvalue weighted by atomic mass is 9.43. The first-order valence-electron chi connectivity index (χ1n) is 15.2. The van der Waals surface area contributed by atoms with Crippen molar-refractivity contribution in [1.82, 2.24) is 0 Å². The van der Waals surface area contributed by atoms with E-state index in [4.69, 9.17) is 18.9 Å². The van der Waals surface area contributed by atoms with Crippen LogP contribution in [-0.4, -0.2) is 64.1 Å². The van der Waals surface area contributed by atoms with Crippen molar-refractivity contribution < 1.29 is 38.7 Å². The number of ether oxygens (including phenoxy) is 4. The predicted molar refractivity (Wildman–Crippen MR) is 154 cm³/mol. The Bertz CT molecular complexity index is 1310. The van der Waals surface area contributed by atoms with E-state index in [1.165, 1.54) is 6.92 Å². The number of esters is 2. The van der Waals surface area contributed by atoms with Gasteiger partial charge in [0.15, 0.2) is 6.29 Å². The molecular formula is C34H44O8. The van der Waals surface area contributed by atoms with Crippen LogP contribution in [0.2, 0.25) is 0 Å². The minimum Gasteiger partial charge on any atom is -0.458 e. The second-order valence-electron chi connectivity index (χ2n) is 14.0. The molecule has 1 aromatic carbocycles. The summed E-state index contributed by atoms with van der Waals surface area (Å²) in [6.07, 6.45) is 0.661. The quantitative estimate of drug-likeness (QED) is 0.380. The van der Waals surface area contributed by atoms with Crippen LogP contribution in [0.5, 0.6) is 0 Å². The lowest BCUT2D eigenvalue weighted by Gasteiger charge is -2.68. The van der Waals surface area contributed by atoms with Crippen LogP contribution in [0.15, 0.2) is 54.1 Å². The second-order valence-corrected chi connectivity index (χ2v) is 14.0. The van der Waals surface area contributed by atoms with Crippen molar-refractivity contribution >= 4 is 11.9 Å². The number of hydrogen-bond acceptors (Lipinski definition) is 8. The Hall–Kier alpha value is -2.52. The maximum absolute atomic E-state index is 14.0. The van der Waals surface area contributed by atoms with Crippen molar-refractivity contribution in [3.05, 3.63) is 59.7 Å². The molecule has 0 aromatic heterocycles. The van der Waals surface area contributed by atoms with Gasteiger partial charge in [-0.15, -0.1) is 0 Å². The SMILES string of the molecule is C=C[C@H]1O[C@H]2C[C@H]3CC[C@@]3(OC(C)=O)[C@H]3[C@H](OC(=O)c4ccccc4)[C@]4(C(C)(C)O)CC(O)C(C)=C4[C@H](C)[C@H](O1)[C@]23C. The molecule has 2 N–H and O–H groups in total. The molecule has 1 aliphatic heterocycles. The summed E-state index contributed by atoms with van der Waals surface area (Å²) < 4.78 is 26.3. The fourth-order valence-corrected chi connectivity index (χ4v) is 9.89. The van der Waals surface area contributed by atoms with Gasteiger partial charge in [-0.2, -0.15) is 0 Å². The van der Waals surface area contributed by atoms with Gasteiger partial charge >= 0.3 is 11.9 Å². The molecule has 0 amide bonds. The van der Waals surface area contributed by atoms with Gasteiger partial charge in [0.1, 0.15) is 11.7 Å². The Morgan fingerprint density at radius 1 is 1.19 bits per heavy atom. The molecule has 1 aromatic rings. The van der Waals surface area contributed by atoms with Crippen LogP contribution in [0, 0.1) is 28.6 Å². The van der Waals surface area contributed by atoms with E-state index in [2.05, 4.69) is 20.4 Å². The van der Waals surface area contributed by atoms with Crippen LogP contribution < -0.4 is 0 Å². The van der Waals surface area contributed by atoms with E-state index < -0.39 is 64.5 Å². The highest BCUT2D eigenvalue weighted by molar-refractivity contribution is 5.89. The number of fused-ring (bicyclic) bond motifs is 3. The zero-order chi connectivity index (χ0) is 30.4. The fourth-order valence-electron chi connectivity index (χ4n) is 9.89. The Balaban J connectivity index is 1.67. The van der Waals surface area contributed by atoms with E-state index in [1.54, 1.807) is 44.2 Å². The van der Waals surface area contributed by atoms with Crippen LogP contribution in [0.4, 0.5) is 0 Å². The first kappa shape index (κ1) is 29.5. The summed E-state index contributed by atoms with van der Waals surface area (Å²) in [7, 11) is 0. The van der Waals surface area contributed by atoms with Gasteiger partial charge in [-0.1, -0.05) is 44.2 Å². The van der Waals surface area contributed by atoms with Crippen LogP contribution in [-0.2, 0) is 23.7 Å². The second kappa shape index (κ2) is 9.74. The zero-order valence-corrected chi connectivity index (χ0v) is 25.5. The van der Waals surface area contributed by atoms with Crippen molar-refractivity contribution in [2.75, 3.05) is 0 Å². The molecule has 4 aliphatic carbocycles. The maximum Gasteiger partial charge on any atom is 0.338 e. The first-order chi connectivity index (χ1) is 19.7. The van der Waals surface area contributed by atoms with Gasteiger partial charge in [-0.05, 0) is 70.2 Å². The van der Waals surface area contributed by atoms with Gasteiger partial charge in [0.2, 0.25) is 0 Å². The molecule has 5 aliphatic rings. The number of rotatable bonds is 5.